The van der Waals surface area contributed by atoms with E-state index in [0.29, 0.717) is 16.8 Å². The predicted octanol–water partition coefficient (Wildman–Crippen LogP) is 4.28. The summed E-state index contributed by atoms with van der Waals surface area (Å²) in [7, 11) is 1.74. The molecule has 0 radical (unpaired) electrons. The highest BCUT2D eigenvalue weighted by Crippen LogP contribution is 2.39. The minimum Gasteiger partial charge on any atom is -0.493 e. The minimum absolute atomic E-state index is 0.390. The number of ether oxygens (including phenoxy) is 1. The lowest BCUT2D eigenvalue weighted by Crippen LogP contribution is -2.14. The van der Waals surface area contributed by atoms with Crippen molar-refractivity contribution in [1.29, 1.82) is 0 Å². The number of halogens is 1. The maximum Gasteiger partial charge on any atom is 0.160 e. The van der Waals surface area contributed by atoms with Crippen LogP contribution in [0.25, 0.3) is 0 Å². The molecule has 2 rings (SSSR count). The van der Waals surface area contributed by atoms with Gasteiger partial charge in [-0.25, -0.2) is 0 Å². The zero-order valence-corrected chi connectivity index (χ0v) is 13.1. The summed E-state index contributed by atoms with van der Waals surface area (Å²) < 4.78 is 7.64. The molecule has 1 aromatic heterocycles. The number of methoxy groups -OCH3 is 1. The average molecular weight is 315 g/mol. The van der Waals surface area contributed by atoms with E-state index >= 15 is 0 Å². The highest BCUT2D eigenvalue weighted by Gasteiger charge is 2.26. The van der Waals surface area contributed by atoms with E-state index in [0.717, 1.165) is 5.75 Å². The molecule has 0 bridgehead atoms. The van der Waals surface area contributed by atoms with Crippen molar-refractivity contribution in [2.24, 2.45) is 0 Å². The Kier molecular flexibility index (Phi) is 4.71. The third-order valence-corrected chi connectivity index (χ3v) is 4.59. The van der Waals surface area contributed by atoms with Gasteiger partial charge >= 0.3 is 0 Å². The summed E-state index contributed by atoms with van der Waals surface area (Å²) in [5, 5.41) is 4.49. The van der Waals surface area contributed by atoms with Gasteiger partial charge in [-0.1, -0.05) is 28.8 Å². The number of hydrogen-bond donors (Lipinski definition) is 0. The zero-order chi connectivity index (χ0) is 13.1. The fourth-order valence-corrected chi connectivity index (χ4v) is 3.64. The average Bonchev–Trinajstić information content (AvgIpc) is 2.66. The molecule has 0 amide bonds. The van der Waals surface area contributed by atoms with Crippen LogP contribution in [0.15, 0.2) is 6.20 Å². The lowest BCUT2D eigenvalue weighted by molar-refractivity contribution is 0.390. The molecule has 1 fully saturated rings. The van der Waals surface area contributed by atoms with Crippen molar-refractivity contribution < 1.29 is 4.74 Å². The Balaban J connectivity index is 2.31. The number of aromatic nitrogens is 2. The molecule has 0 spiro atoms. The molecule has 1 heterocycles. The molecule has 0 saturated heterocycles. The van der Waals surface area contributed by atoms with Crippen LogP contribution in [0.3, 0.4) is 0 Å². The van der Waals surface area contributed by atoms with E-state index < -0.39 is 0 Å². The maximum atomic E-state index is 5.51. The van der Waals surface area contributed by atoms with Crippen molar-refractivity contribution in [3.05, 3.63) is 11.9 Å². The Morgan fingerprint density at radius 1 is 1.39 bits per heavy atom. The van der Waals surface area contributed by atoms with Gasteiger partial charge in [0.25, 0.3) is 0 Å². The fourth-order valence-electron chi connectivity index (χ4n) is 2.86. The molecular formula is C14H23BrN2O. The van der Waals surface area contributed by atoms with Gasteiger partial charge in [0.2, 0.25) is 0 Å². The molecule has 1 aliphatic rings. The second kappa shape index (κ2) is 6.09. The fraction of sp³-hybridized carbons (Fsp3) is 0.786. The van der Waals surface area contributed by atoms with E-state index in [-0.39, 0.29) is 0 Å². The molecule has 18 heavy (non-hydrogen) atoms. The van der Waals surface area contributed by atoms with Crippen LogP contribution in [0.5, 0.6) is 5.75 Å². The number of hydrogen-bond acceptors (Lipinski definition) is 2. The molecule has 102 valence electrons. The van der Waals surface area contributed by atoms with Crippen LogP contribution in [0.4, 0.5) is 0 Å². The standard InChI is InChI=1S/C14H23BrN2O/c1-10(2)17-14(13(18-3)9-16-17)11-6-4-5-7-12(15)8-11/h9-12H,4-8H2,1-3H3. The first-order valence-corrected chi connectivity index (χ1v) is 7.80. The first-order chi connectivity index (χ1) is 8.63. The lowest BCUT2D eigenvalue weighted by atomic mass is 9.95. The van der Waals surface area contributed by atoms with Crippen LogP contribution in [0, 0.1) is 0 Å². The quantitative estimate of drug-likeness (QED) is 0.615. The van der Waals surface area contributed by atoms with E-state index in [4.69, 9.17) is 4.74 Å². The number of alkyl halides is 1. The zero-order valence-electron chi connectivity index (χ0n) is 11.5. The first kappa shape index (κ1) is 13.9. The molecule has 3 nitrogen and oxygen atoms in total. The van der Waals surface area contributed by atoms with Gasteiger partial charge in [-0.15, -0.1) is 0 Å². The van der Waals surface area contributed by atoms with Crippen LogP contribution >= 0.6 is 15.9 Å². The van der Waals surface area contributed by atoms with Gasteiger partial charge in [0, 0.05) is 16.8 Å². The summed E-state index contributed by atoms with van der Waals surface area (Å²) in [6, 6.07) is 0.390. The van der Waals surface area contributed by atoms with E-state index in [1.807, 2.05) is 6.20 Å². The van der Waals surface area contributed by atoms with E-state index in [1.54, 1.807) is 7.11 Å². The summed E-state index contributed by atoms with van der Waals surface area (Å²) in [6.45, 7) is 4.36. The molecule has 1 aliphatic carbocycles. The Morgan fingerprint density at radius 3 is 2.78 bits per heavy atom. The first-order valence-electron chi connectivity index (χ1n) is 6.89. The van der Waals surface area contributed by atoms with Crippen LogP contribution < -0.4 is 4.74 Å². The van der Waals surface area contributed by atoms with Crippen molar-refractivity contribution >= 4 is 15.9 Å². The van der Waals surface area contributed by atoms with Crippen molar-refractivity contribution in [2.45, 2.75) is 62.7 Å². The molecule has 1 aromatic rings. The van der Waals surface area contributed by atoms with Crippen molar-refractivity contribution in [2.75, 3.05) is 7.11 Å². The van der Waals surface area contributed by atoms with Crippen LogP contribution in [0.2, 0.25) is 0 Å². The minimum atomic E-state index is 0.390. The number of nitrogens with zero attached hydrogens (tertiary/aromatic N) is 2. The highest BCUT2D eigenvalue weighted by atomic mass is 79.9. The third kappa shape index (κ3) is 2.90. The van der Waals surface area contributed by atoms with Crippen molar-refractivity contribution in [3.8, 4) is 5.75 Å². The van der Waals surface area contributed by atoms with Gasteiger partial charge in [-0.2, -0.15) is 5.10 Å². The predicted molar refractivity (Wildman–Crippen MR) is 77.7 cm³/mol. The summed E-state index contributed by atoms with van der Waals surface area (Å²) in [5.41, 5.74) is 1.29. The van der Waals surface area contributed by atoms with E-state index in [1.165, 1.54) is 37.8 Å². The second-order valence-corrected chi connectivity index (χ2v) is 6.75. The van der Waals surface area contributed by atoms with Gasteiger partial charge in [0.05, 0.1) is 19.0 Å². The third-order valence-electron chi connectivity index (χ3n) is 3.75. The van der Waals surface area contributed by atoms with Gasteiger partial charge in [-0.3, -0.25) is 4.68 Å². The highest BCUT2D eigenvalue weighted by molar-refractivity contribution is 9.09. The Hall–Kier alpha value is -0.510. The van der Waals surface area contributed by atoms with Crippen molar-refractivity contribution in [1.82, 2.24) is 9.78 Å². The Labute approximate surface area is 118 Å². The molecule has 2 unspecified atom stereocenters. The molecule has 2 atom stereocenters. The van der Waals surface area contributed by atoms with E-state index in [2.05, 4.69) is 39.6 Å². The van der Waals surface area contributed by atoms with Gasteiger partial charge < -0.3 is 4.74 Å². The van der Waals surface area contributed by atoms with Gasteiger partial charge in [0.1, 0.15) is 0 Å². The van der Waals surface area contributed by atoms with Crippen LogP contribution in [-0.4, -0.2) is 21.7 Å². The largest absolute Gasteiger partial charge is 0.493 e. The maximum absolute atomic E-state index is 5.51. The Bertz CT molecular complexity index is 389. The summed E-state index contributed by atoms with van der Waals surface area (Å²) in [6.07, 6.45) is 8.22. The molecule has 0 N–H and O–H groups in total. The normalized spacial score (nSPS) is 25.2. The Morgan fingerprint density at radius 2 is 2.11 bits per heavy atom. The molecular weight excluding hydrogens is 292 g/mol. The SMILES string of the molecule is COc1cnn(C(C)C)c1C1CCCCC(Br)C1. The van der Waals surface area contributed by atoms with Gasteiger partial charge in [-0.05, 0) is 33.1 Å². The smallest absolute Gasteiger partial charge is 0.160 e. The van der Waals surface area contributed by atoms with Crippen LogP contribution in [0.1, 0.15) is 63.6 Å². The van der Waals surface area contributed by atoms with Gasteiger partial charge in [0.15, 0.2) is 5.75 Å². The van der Waals surface area contributed by atoms with Crippen molar-refractivity contribution in [3.63, 3.8) is 0 Å². The summed E-state index contributed by atoms with van der Waals surface area (Å²) in [5.74, 6) is 1.52. The molecule has 0 aromatic carbocycles. The molecule has 1 saturated carbocycles. The van der Waals surface area contributed by atoms with E-state index in [9.17, 15) is 0 Å². The lowest BCUT2D eigenvalue weighted by Gasteiger charge is -2.21. The summed E-state index contributed by atoms with van der Waals surface area (Å²) in [4.78, 5) is 0.630. The molecule has 4 heteroatoms. The second-order valence-electron chi connectivity index (χ2n) is 5.45. The molecule has 0 aliphatic heterocycles. The monoisotopic (exact) mass is 314 g/mol. The van der Waals surface area contributed by atoms with Crippen LogP contribution in [-0.2, 0) is 0 Å². The topological polar surface area (TPSA) is 27.1 Å². The number of rotatable bonds is 3. The summed E-state index contributed by atoms with van der Waals surface area (Å²) >= 11 is 3.80.